The second-order valence-corrected chi connectivity index (χ2v) is 11.4. The van der Waals surface area contributed by atoms with Gasteiger partial charge in [0.2, 0.25) is 11.8 Å². The van der Waals surface area contributed by atoms with Gasteiger partial charge in [0.25, 0.3) is 0 Å². The summed E-state index contributed by atoms with van der Waals surface area (Å²) in [5, 5.41) is 0. The van der Waals surface area contributed by atoms with Crippen LogP contribution in [0.4, 0.5) is 5.69 Å². The summed E-state index contributed by atoms with van der Waals surface area (Å²) in [6.45, 7) is 3.44. The number of hydrogen-bond acceptors (Lipinski definition) is 5. The maximum Gasteiger partial charge on any atom is 0.340 e. The molecular formula is C26H23Br2NO5. The van der Waals surface area contributed by atoms with E-state index in [0.29, 0.717) is 5.56 Å². The highest BCUT2D eigenvalue weighted by molar-refractivity contribution is 9.12. The predicted octanol–water partition coefficient (Wildman–Crippen LogP) is 4.63. The van der Waals surface area contributed by atoms with Gasteiger partial charge in [-0.25, -0.2) is 9.69 Å². The van der Waals surface area contributed by atoms with Crippen LogP contribution < -0.4 is 4.90 Å². The number of halogens is 2. The van der Waals surface area contributed by atoms with Crippen molar-refractivity contribution in [2.24, 2.45) is 23.7 Å². The fraction of sp³-hybridized carbons (Fsp3) is 0.385. The van der Waals surface area contributed by atoms with E-state index >= 15 is 0 Å². The van der Waals surface area contributed by atoms with Crippen LogP contribution in [-0.2, 0) is 14.3 Å². The van der Waals surface area contributed by atoms with E-state index < -0.39 is 12.6 Å². The maximum atomic E-state index is 13.4. The van der Waals surface area contributed by atoms with Gasteiger partial charge in [-0.15, -0.1) is 0 Å². The zero-order valence-electron chi connectivity index (χ0n) is 18.7. The van der Waals surface area contributed by atoms with Gasteiger partial charge in [0.15, 0.2) is 12.4 Å². The number of Topliss-reactive ketones (excluding diaryl/α,β-unsaturated/α-hetero) is 1. The molecule has 1 aliphatic heterocycles. The molecule has 0 aromatic heterocycles. The second-order valence-electron chi connectivity index (χ2n) is 9.33. The molecular weight excluding hydrogens is 566 g/mol. The van der Waals surface area contributed by atoms with Crippen molar-refractivity contribution in [1.29, 1.82) is 0 Å². The highest BCUT2D eigenvalue weighted by Gasteiger charge is 2.66. The summed E-state index contributed by atoms with van der Waals surface area (Å²) < 4.78 is 5.32. The van der Waals surface area contributed by atoms with Gasteiger partial charge in [-0.2, -0.15) is 0 Å². The predicted molar refractivity (Wildman–Crippen MR) is 133 cm³/mol. The fourth-order valence-electron chi connectivity index (χ4n) is 5.63. The zero-order valence-corrected chi connectivity index (χ0v) is 21.8. The number of anilines is 1. The SMILES string of the molecule is Cc1ccc(C(=O)COC(=O)c2ccccc2N2C(=O)C3C4CC(C(Br)C4Br)C3C2=O)cc1C. The van der Waals surface area contributed by atoms with E-state index in [1.54, 1.807) is 30.3 Å². The first kappa shape index (κ1) is 23.4. The number of rotatable bonds is 5. The van der Waals surface area contributed by atoms with Gasteiger partial charge in [-0.05, 0) is 61.4 Å². The minimum absolute atomic E-state index is 0.0792. The molecule has 6 nitrogen and oxygen atoms in total. The van der Waals surface area contributed by atoms with Crippen LogP contribution in [-0.4, -0.2) is 39.8 Å². The summed E-state index contributed by atoms with van der Waals surface area (Å²) in [6.07, 6.45) is 0.830. The van der Waals surface area contributed by atoms with Gasteiger partial charge < -0.3 is 4.74 Å². The largest absolute Gasteiger partial charge is 0.454 e. The van der Waals surface area contributed by atoms with E-state index in [-0.39, 0.29) is 62.2 Å². The van der Waals surface area contributed by atoms with E-state index in [0.717, 1.165) is 22.4 Å². The van der Waals surface area contributed by atoms with Crippen LogP contribution in [0, 0.1) is 37.5 Å². The first-order chi connectivity index (χ1) is 16.2. The van der Waals surface area contributed by atoms with E-state index in [4.69, 9.17) is 4.74 Å². The Morgan fingerprint density at radius 2 is 1.56 bits per heavy atom. The van der Waals surface area contributed by atoms with Crippen LogP contribution in [0.2, 0.25) is 0 Å². The average molecular weight is 589 g/mol. The zero-order chi connectivity index (χ0) is 24.3. The summed E-state index contributed by atoms with van der Waals surface area (Å²) >= 11 is 7.37. The van der Waals surface area contributed by atoms with Gasteiger partial charge in [0, 0.05) is 15.2 Å². The lowest BCUT2D eigenvalue weighted by Crippen LogP contribution is -2.37. The number of benzene rings is 2. The molecule has 2 bridgehead atoms. The van der Waals surface area contributed by atoms with Crippen LogP contribution in [0.25, 0.3) is 0 Å². The smallest absolute Gasteiger partial charge is 0.340 e. The number of nitrogens with zero attached hydrogens (tertiary/aromatic N) is 1. The van der Waals surface area contributed by atoms with E-state index in [2.05, 4.69) is 31.9 Å². The molecule has 3 aliphatic rings. The number of imide groups is 1. The van der Waals surface area contributed by atoms with Crippen molar-refractivity contribution < 1.29 is 23.9 Å². The standard InChI is InChI=1S/C26H23Br2NO5/c1-12-7-8-14(9-13(12)2)19(30)11-34-26(33)15-5-3-4-6-18(15)29-24(31)20-16-10-17(21(20)25(29)32)23(28)22(16)27/h3-9,16-17,20-23H,10-11H2,1-2H3. The molecule has 2 aromatic carbocycles. The number of para-hydroxylation sites is 1. The minimum Gasteiger partial charge on any atom is -0.454 e. The molecule has 5 rings (SSSR count). The van der Waals surface area contributed by atoms with Crippen molar-refractivity contribution in [1.82, 2.24) is 0 Å². The summed E-state index contributed by atoms with van der Waals surface area (Å²) in [7, 11) is 0. The van der Waals surface area contributed by atoms with Gasteiger partial charge in [-0.3, -0.25) is 14.4 Å². The number of carbonyl (C=O) groups is 4. The molecule has 0 radical (unpaired) electrons. The average Bonchev–Trinajstić information content (AvgIpc) is 3.43. The Morgan fingerprint density at radius 1 is 0.941 bits per heavy atom. The first-order valence-electron chi connectivity index (χ1n) is 11.2. The molecule has 6 atom stereocenters. The summed E-state index contributed by atoms with van der Waals surface area (Å²) in [5.74, 6) is -2.20. The van der Waals surface area contributed by atoms with Crippen LogP contribution in [0.1, 0.15) is 38.3 Å². The van der Waals surface area contributed by atoms with Crippen LogP contribution in [0.3, 0.4) is 0 Å². The molecule has 3 fully saturated rings. The molecule has 1 saturated heterocycles. The quantitative estimate of drug-likeness (QED) is 0.220. The molecule has 2 amide bonds. The monoisotopic (exact) mass is 587 g/mol. The Hall–Kier alpha value is -2.32. The third kappa shape index (κ3) is 3.57. The second kappa shape index (κ2) is 8.72. The summed E-state index contributed by atoms with van der Waals surface area (Å²) in [6, 6.07) is 11.7. The van der Waals surface area contributed by atoms with Crippen molar-refractivity contribution in [2.75, 3.05) is 11.5 Å². The molecule has 0 spiro atoms. The molecule has 2 aromatic rings. The number of esters is 1. The number of aryl methyl sites for hydroxylation is 2. The van der Waals surface area contributed by atoms with Crippen molar-refractivity contribution in [2.45, 2.75) is 29.9 Å². The van der Waals surface area contributed by atoms with Gasteiger partial charge in [0.05, 0.1) is 23.1 Å². The Bertz CT molecular complexity index is 1200. The maximum absolute atomic E-state index is 13.4. The van der Waals surface area contributed by atoms with Crippen molar-refractivity contribution >= 4 is 61.1 Å². The molecule has 34 heavy (non-hydrogen) atoms. The van der Waals surface area contributed by atoms with Crippen molar-refractivity contribution in [3.8, 4) is 0 Å². The summed E-state index contributed by atoms with van der Waals surface area (Å²) in [5.41, 5.74) is 2.82. The Kier molecular flexibility index (Phi) is 6.01. The molecule has 2 saturated carbocycles. The van der Waals surface area contributed by atoms with Crippen molar-refractivity contribution in [3.63, 3.8) is 0 Å². The van der Waals surface area contributed by atoms with Crippen LogP contribution >= 0.6 is 31.9 Å². The van der Waals surface area contributed by atoms with Crippen LogP contribution in [0.5, 0.6) is 0 Å². The van der Waals surface area contributed by atoms with Gasteiger partial charge >= 0.3 is 5.97 Å². The van der Waals surface area contributed by atoms with E-state index in [1.807, 2.05) is 19.9 Å². The van der Waals surface area contributed by atoms with Crippen molar-refractivity contribution in [3.05, 3.63) is 64.7 Å². The first-order valence-corrected chi connectivity index (χ1v) is 13.1. The Balaban J connectivity index is 1.36. The number of ketones is 1. The van der Waals surface area contributed by atoms with E-state index in [1.165, 1.54) is 6.07 Å². The lowest BCUT2D eigenvalue weighted by molar-refractivity contribution is -0.123. The lowest BCUT2D eigenvalue weighted by atomic mass is 9.81. The fourth-order valence-corrected chi connectivity index (χ4v) is 7.51. The number of hydrogen-bond donors (Lipinski definition) is 0. The van der Waals surface area contributed by atoms with E-state index in [9.17, 15) is 19.2 Å². The molecule has 1 heterocycles. The Morgan fingerprint density at radius 3 is 2.18 bits per heavy atom. The molecule has 176 valence electrons. The number of amides is 2. The summed E-state index contributed by atoms with van der Waals surface area (Å²) in [4.78, 5) is 53.7. The van der Waals surface area contributed by atoms with Gasteiger partial charge in [-0.1, -0.05) is 56.1 Å². The molecule has 6 unspecified atom stereocenters. The third-order valence-electron chi connectivity index (χ3n) is 7.52. The number of ether oxygens (including phenoxy) is 1. The third-order valence-corrected chi connectivity index (χ3v) is 10.7. The number of fused-ring (bicyclic) bond motifs is 5. The van der Waals surface area contributed by atoms with Gasteiger partial charge in [0.1, 0.15) is 0 Å². The number of carbonyl (C=O) groups excluding carboxylic acids is 4. The minimum atomic E-state index is -0.745. The highest BCUT2D eigenvalue weighted by Crippen LogP contribution is 2.60. The number of alkyl halides is 2. The Labute approximate surface area is 214 Å². The topological polar surface area (TPSA) is 80.8 Å². The lowest BCUT2D eigenvalue weighted by Gasteiger charge is -2.28. The normalized spacial score (nSPS) is 29.5. The molecule has 8 heteroatoms. The molecule has 2 aliphatic carbocycles. The molecule has 0 N–H and O–H groups in total. The highest BCUT2D eigenvalue weighted by atomic mass is 79.9. The van der Waals surface area contributed by atoms with Crippen LogP contribution in [0.15, 0.2) is 42.5 Å².